The average molecular weight is 399 g/mol. The molecule has 1 aliphatic heterocycles. The summed E-state index contributed by atoms with van der Waals surface area (Å²) < 4.78 is 7.33. The highest BCUT2D eigenvalue weighted by Gasteiger charge is 2.39. The van der Waals surface area contributed by atoms with Crippen molar-refractivity contribution in [2.24, 2.45) is 5.92 Å². The van der Waals surface area contributed by atoms with E-state index in [0.29, 0.717) is 12.3 Å². The minimum Gasteiger partial charge on any atom is -0.497 e. The predicted molar refractivity (Wildman–Crippen MR) is 118 cm³/mol. The summed E-state index contributed by atoms with van der Waals surface area (Å²) in [6, 6.07) is 18.0. The van der Waals surface area contributed by atoms with Gasteiger partial charge in [0.2, 0.25) is 0 Å². The lowest BCUT2D eigenvalue weighted by Gasteiger charge is -2.35. The number of anilines is 1. The molecule has 2 aliphatic rings. The van der Waals surface area contributed by atoms with Crippen LogP contribution in [0.3, 0.4) is 0 Å². The summed E-state index contributed by atoms with van der Waals surface area (Å²) in [5.74, 6) is 2.29. The number of ether oxygens (including phenoxy) is 1. The highest BCUT2D eigenvalue weighted by molar-refractivity contribution is 6.00. The fourth-order valence-corrected chi connectivity index (χ4v) is 4.73. The Bertz CT molecular complexity index is 1140. The molecule has 0 unspecified atom stereocenters. The maximum absolute atomic E-state index is 13.2. The van der Waals surface area contributed by atoms with Gasteiger partial charge in [-0.25, -0.2) is 4.68 Å². The zero-order chi connectivity index (χ0) is 20.8. The van der Waals surface area contributed by atoms with Gasteiger partial charge >= 0.3 is 0 Å². The summed E-state index contributed by atoms with van der Waals surface area (Å²) in [6.45, 7) is 4.17. The number of aromatic nitrogens is 2. The van der Waals surface area contributed by atoms with Crippen molar-refractivity contribution in [1.82, 2.24) is 9.78 Å². The van der Waals surface area contributed by atoms with E-state index in [1.807, 2.05) is 54.1 Å². The van der Waals surface area contributed by atoms with Crippen LogP contribution in [-0.2, 0) is 4.79 Å². The number of benzene rings is 2. The van der Waals surface area contributed by atoms with E-state index >= 15 is 0 Å². The Hall–Kier alpha value is -3.34. The topological polar surface area (TPSA) is 56.1 Å². The van der Waals surface area contributed by atoms with Gasteiger partial charge in [-0.05, 0) is 42.5 Å². The Labute approximate surface area is 176 Å². The molecular weight excluding hydrogens is 374 g/mol. The number of ketones is 1. The van der Waals surface area contributed by atoms with Crippen molar-refractivity contribution in [2.75, 3.05) is 12.4 Å². The van der Waals surface area contributed by atoms with Crippen LogP contribution < -0.4 is 10.1 Å². The van der Waals surface area contributed by atoms with Crippen molar-refractivity contribution >= 4 is 11.6 Å². The van der Waals surface area contributed by atoms with E-state index in [9.17, 15) is 4.79 Å². The smallest absolute Gasteiger partial charge is 0.163 e. The molecule has 1 aromatic heterocycles. The molecule has 1 N–H and O–H groups in total. The van der Waals surface area contributed by atoms with Crippen LogP contribution in [0, 0.1) is 12.8 Å². The van der Waals surface area contributed by atoms with Gasteiger partial charge in [0.05, 0.1) is 12.8 Å². The van der Waals surface area contributed by atoms with Crippen LogP contribution in [0.5, 0.6) is 5.75 Å². The molecule has 3 aromatic rings. The summed E-state index contributed by atoms with van der Waals surface area (Å²) in [5, 5.41) is 8.51. The van der Waals surface area contributed by atoms with Crippen LogP contribution >= 0.6 is 0 Å². The third-order valence-electron chi connectivity index (χ3n) is 6.08. The molecule has 0 bridgehead atoms. The Morgan fingerprint density at radius 2 is 1.80 bits per heavy atom. The van der Waals surface area contributed by atoms with Crippen molar-refractivity contribution in [3.8, 4) is 16.9 Å². The zero-order valence-corrected chi connectivity index (χ0v) is 17.5. The van der Waals surface area contributed by atoms with E-state index in [1.165, 1.54) is 0 Å². The lowest BCUT2D eigenvalue weighted by Crippen LogP contribution is -2.33. The summed E-state index contributed by atoms with van der Waals surface area (Å²) in [4.78, 5) is 13.2. The normalized spacial score (nSPS) is 20.4. The molecule has 30 heavy (non-hydrogen) atoms. The molecule has 5 heteroatoms. The second kappa shape index (κ2) is 7.17. The number of allylic oxidation sites excluding steroid dienone is 2. The number of hydrogen-bond acceptors (Lipinski definition) is 4. The Balaban J connectivity index is 1.72. The monoisotopic (exact) mass is 399 g/mol. The molecule has 2 atom stereocenters. The lowest BCUT2D eigenvalue weighted by atomic mass is 9.81. The van der Waals surface area contributed by atoms with E-state index in [1.54, 1.807) is 7.11 Å². The first kappa shape index (κ1) is 18.7. The first-order chi connectivity index (χ1) is 14.6. The van der Waals surface area contributed by atoms with Gasteiger partial charge in [0.15, 0.2) is 5.78 Å². The van der Waals surface area contributed by atoms with Crippen molar-refractivity contribution in [1.29, 1.82) is 0 Å². The quantitative estimate of drug-likeness (QED) is 0.663. The van der Waals surface area contributed by atoms with Gasteiger partial charge < -0.3 is 10.1 Å². The van der Waals surface area contributed by atoms with E-state index in [2.05, 4.69) is 24.4 Å². The van der Waals surface area contributed by atoms with Gasteiger partial charge in [0.1, 0.15) is 17.6 Å². The number of aryl methyl sites for hydroxylation is 1. The maximum Gasteiger partial charge on any atom is 0.163 e. The highest BCUT2D eigenvalue weighted by atomic mass is 16.5. The molecular formula is C25H25N3O2. The first-order valence-corrected chi connectivity index (χ1v) is 10.4. The second-order valence-electron chi connectivity index (χ2n) is 8.25. The fourth-order valence-electron chi connectivity index (χ4n) is 4.73. The molecule has 152 valence electrons. The predicted octanol–water partition coefficient (Wildman–Crippen LogP) is 5.14. The third-order valence-corrected chi connectivity index (χ3v) is 6.08. The van der Waals surface area contributed by atoms with Crippen LogP contribution in [0.2, 0.25) is 0 Å². The Morgan fingerprint density at radius 1 is 1.07 bits per heavy atom. The number of carbonyl (C=O) groups excluding carboxylic acids is 1. The Morgan fingerprint density at radius 3 is 2.50 bits per heavy atom. The van der Waals surface area contributed by atoms with Crippen molar-refractivity contribution in [2.45, 2.75) is 32.7 Å². The van der Waals surface area contributed by atoms with Crippen molar-refractivity contribution in [3.05, 3.63) is 77.1 Å². The summed E-state index contributed by atoms with van der Waals surface area (Å²) in [5.41, 5.74) is 6.07. The maximum atomic E-state index is 13.2. The van der Waals surface area contributed by atoms with E-state index in [4.69, 9.17) is 9.84 Å². The largest absolute Gasteiger partial charge is 0.497 e. The average Bonchev–Trinajstić information content (AvgIpc) is 3.08. The van der Waals surface area contributed by atoms with Gasteiger partial charge in [-0.3, -0.25) is 4.79 Å². The molecule has 0 radical (unpaired) electrons. The first-order valence-electron chi connectivity index (χ1n) is 10.4. The van der Waals surface area contributed by atoms with Crippen molar-refractivity contribution in [3.63, 3.8) is 0 Å². The number of rotatable bonds is 3. The van der Waals surface area contributed by atoms with Crippen LogP contribution in [-0.4, -0.2) is 22.7 Å². The standard InChI is InChI=1S/C25H25N3O2/c1-15-13-20-23(21(29)14-15)24(18-9-11-19(30-3)12-10-18)28-25(26-20)22(16(2)27-28)17-7-5-4-6-8-17/h4-12,15,24,26H,13-14H2,1-3H3/t15-,24+/m0/s1. The molecule has 5 nitrogen and oxygen atoms in total. The summed E-state index contributed by atoms with van der Waals surface area (Å²) in [6.07, 6.45) is 1.44. The van der Waals surface area contributed by atoms with Crippen LogP contribution in [0.4, 0.5) is 5.82 Å². The molecule has 0 amide bonds. The minimum absolute atomic E-state index is 0.206. The zero-order valence-electron chi connectivity index (χ0n) is 17.5. The fraction of sp³-hybridized carbons (Fsp3) is 0.280. The van der Waals surface area contributed by atoms with Gasteiger partial charge in [0, 0.05) is 23.3 Å². The molecule has 2 heterocycles. The summed E-state index contributed by atoms with van der Waals surface area (Å²) >= 11 is 0. The molecule has 1 aliphatic carbocycles. The van der Waals surface area contributed by atoms with Crippen molar-refractivity contribution < 1.29 is 9.53 Å². The molecule has 5 rings (SSSR count). The van der Waals surface area contributed by atoms with E-state index in [0.717, 1.165) is 51.6 Å². The van der Waals surface area contributed by atoms with Gasteiger partial charge in [-0.2, -0.15) is 5.10 Å². The molecule has 0 saturated carbocycles. The van der Waals surface area contributed by atoms with Gasteiger partial charge in [0.25, 0.3) is 0 Å². The molecule has 0 fully saturated rings. The number of methoxy groups -OCH3 is 1. The number of carbonyl (C=O) groups is 1. The lowest BCUT2D eigenvalue weighted by molar-refractivity contribution is -0.117. The van der Waals surface area contributed by atoms with Crippen LogP contribution in [0.15, 0.2) is 65.9 Å². The number of nitrogens with one attached hydrogen (secondary N) is 1. The number of hydrogen-bond donors (Lipinski definition) is 1. The van der Waals surface area contributed by atoms with Crippen LogP contribution in [0.25, 0.3) is 11.1 Å². The molecule has 2 aromatic carbocycles. The van der Waals surface area contributed by atoms with Gasteiger partial charge in [-0.15, -0.1) is 0 Å². The third kappa shape index (κ3) is 2.93. The molecule has 0 spiro atoms. The second-order valence-corrected chi connectivity index (χ2v) is 8.25. The highest BCUT2D eigenvalue weighted by Crippen LogP contribution is 2.45. The number of fused-ring (bicyclic) bond motifs is 1. The number of Topliss-reactive ketones (excluding diaryl/α,β-unsaturated/α-hetero) is 1. The van der Waals surface area contributed by atoms with E-state index in [-0.39, 0.29) is 11.8 Å². The minimum atomic E-state index is -0.238. The number of nitrogens with zero attached hydrogens (tertiary/aromatic N) is 2. The SMILES string of the molecule is COc1ccc([C@@H]2C3=C(C[C@H](C)CC3=O)Nc3c(-c4ccccc4)c(C)nn32)cc1. The van der Waals surface area contributed by atoms with Gasteiger partial charge in [-0.1, -0.05) is 49.4 Å². The molecule has 0 saturated heterocycles. The Kier molecular flexibility index (Phi) is 4.46. The van der Waals surface area contributed by atoms with Crippen LogP contribution in [0.1, 0.15) is 37.1 Å². The van der Waals surface area contributed by atoms with E-state index < -0.39 is 0 Å². The summed E-state index contributed by atoms with van der Waals surface area (Å²) in [7, 11) is 1.66.